The SMILES string of the molecule is CC(C)Oc1ccc(-c2ccccc2CN2CCOCC2)nn1. The number of nitrogens with zero attached hydrogens (tertiary/aromatic N) is 3. The van der Waals surface area contributed by atoms with Crippen molar-refractivity contribution in [3.05, 3.63) is 42.0 Å². The van der Waals surface area contributed by atoms with Gasteiger partial charge in [0.15, 0.2) is 0 Å². The Morgan fingerprint density at radius 1 is 1.09 bits per heavy atom. The van der Waals surface area contributed by atoms with Crippen molar-refractivity contribution in [3.63, 3.8) is 0 Å². The minimum Gasteiger partial charge on any atom is -0.474 e. The number of rotatable bonds is 5. The zero-order chi connectivity index (χ0) is 16.1. The molecule has 5 nitrogen and oxygen atoms in total. The van der Waals surface area contributed by atoms with Crippen molar-refractivity contribution in [1.82, 2.24) is 15.1 Å². The number of aromatic nitrogens is 2. The molecule has 2 heterocycles. The van der Waals surface area contributed by atoms with Crippen LogP contribution >= 0.6 is 0 Å². The van der Waals surface area contributed by atoms with Crippen LogP contribution < -0.4 is 4.74 Å². The van der Waals surface area contributed by atoms with Gasteiger partial charge in [-0.25, -0.2) is 0 Å². The molecule has 0 aliphatic carbocycles. The minimum atomic E-state index is 0.101. The van der Waals surface area contributed by atoms with Gasteiger partial charge in [-0.2, -0.15) is 0 Å². The third-order valence-corrected chi connectivity index (χ3v) is 3.79. The summed E-state index contributed by atoms with van der Waals surface area (Å²) in [5.41, 5.74) is 3.27. The van der Waals surface area contributed by atoms with Gasteiger partial charge in [0.25, 0.3) is 0 Å². The van der Waals surface area contributed by atoms with Crippen molar-refractivity contribution in [1.29, 1.82) is 0 Å². The molecule has 23 heavy (non-hydrogen) atoms. The van der Waals surface area contributed by atoms with E-state index in [1.54, 1.807) is 0 Å². The van der Waals surface area contributed by atoms with Crippen molar-refractivity contribution in [2.24, 2.45) is 0 Å². The summed E-state index contributed by atoms with van der Waals surface area (Å²) in [7, 11) is 0. The van der Waals surface area contributed by atoms with E-state index < -0.39 is 0 Å². The maximum absolute atomic E-state index is 5.56. The highest BCUT2D eigenvalue weighted by molar-refractivity contribution is 5.63. The molecular weight excluding hydrogens is 290 g/mol. The number of hydrogen-bond donors (Lipinski definition) is 0. The van der Waals surface area contributed by atoms with Crippen LogP contribution in [0.15, 0.2) is 36.4 Å². The predicted octanol–water partition coefficient (Wildman–Crippen LogP) is 2.76. The van der Waals surface area contributed by atoms with Crippen LogP contribution in [0.1, 0.15) is 19.4 Å². The van der Waals surface area contributed by atoms with Crippen LogP contribution in [0.5, 0.6) is 5.88 Å². The van der Waals surface area contributed by atoms with E-state index in [2.05, 4.69) is 33.3 Å². The molecule has 1 saturated heterocycles. The van der Waals surface area contributed by atoms with Crippen LogP contribution in [0.2, 0.25) is 0 Å². The normalized spacial score (nSPS) is 15.8. The monoisotopic (exact) mass is 313 g/mol. The molecule has 5 heteroatoms. The van der Waals surface area contributed by atoms with Crippen LogP contribution in [0.25, 0.3) is 11.3 Å². The Balaban J connectivity index is 1.79. The van der Waals surface area contributed by atoms with E-state index >= 15 is 0 Å². The molecule has 0 saturated carbocycles. The summed E-state index contributed by atoms with van der Waals surface area (Å²) >= 11 is 0. The van der Waals surface area contributed by atoms with Gasteiger partial charge in [-0.1, -0.05) is 24.3 Å². The predicted molar refractivity (Wildman–Crippen MR) is 89.3 cm³/mol. The molecule has 122 valence electrons. The summed E-state index contributed by atoms with van der Waals surface area (Å²) in [4.78, 5) is 2.41. The second kappa shape index (κ2) is 7.53. The van der Waals surface area contributed by atoms with Gasteiger partial charge in [-0.05, 0) is 25.5 Å². The molecule has 0 bridgehead atoms. The van der Waals surface area contributed by atoms with E-state index in [1.165, 1.54) is 5.56 Å². The molecule has 1 aromatic heterocycles. The summed E-state index contributed by atoms with van der Waals surface area (Å²) in [6.07, 6.45) is 0.101. The Labute approximate surface area is 137 Å². The maximum atomic E-state index is 5.56. The van der Waals surface area contributed by atoms with Crippen molar-refractivity contribution < 1.29 is 9.47 Å². The van der Waals surface area contributed by atoms with Crippen LogP contribution in [0.3, 0.4) is 0 Å². The number of ether oxygens (including phenoxy) is 2. The molecule has 2 aromatic rings. The Morgan fingerprint density at radius 3 is 2.57 bits per heavy atom. The van der Waals surface area contributed by atoms with E-state index in [0.717, 1.165) is 44.1 Å². The third-order valence-electron chi connectivity index (χ3n) is 3.79. The van der Waals surface area contributed by atoms with Gasteiger partial charge < -0.3 is 9.47 Å². The lowest BCUT2D eigenvalue weighted by molar-refractivity contribution is 0.0342. The first-order valence-corrected chi connectivity index (χ1v) is 8.11. The van der Waals surface area contributed by atoms with E-state index in [1.807, 2.05) is 32.0 Å². The van der Waals surface area contributed by atoms with Crippen LogP contribution in [0, 0.1) is 0 Å². The lowest BCUT2D eigenvalue weighted by atomic mass is 10.0. The lowest BCUT2D eigenvalue weighted by Crippen LogP contribution is -2.35. The van der Waals surface area contributed by atoms with Gasteiger partial charge in [0.05, 0.1) is 25.0 Å². The van der Waals surface area contributed by atoms with E-state index in [4.69, 9.17) is 9.47 Å². The highest BCUT2D eigenvalue weighted by atomic mass is 16.5. The fraction of sp³-hybridized carbons (Fsp3) is 0.444. The van der Waals surface area contributed by atoms with Crippen LogP contribution in [0.4, 0.5) is 0 Å². The first-order valence-electron chi connectivity index (χ1n) is 8.11. The second-order valence-electron chi connectivity index (χ2n) is 5.97. The first-order chi connectivity index (χ1) is 11.2. The average molecular weight is 313 g/mol. The Bertz CT molecular complexity index is 622. The van der Waals surface area contributed by atoms with Gasteiger partial charge in [0.2, 0.25) is 5.88 Å². The molecule has 0 radical (unpaired) electrons. The van der Waals surface area contributed by atoms with Gasteiger partial charge in [-0.3, -0.25) is 4.90 Å². The van der Waals surface area contributed by atoms with Crippen LogP contribution in [-0.4, -0.2) is 47.5 Å². The molecule has 1 aliphatic rings. The average Bonchev–Trinajstić information content (AvgIpc) is 2.57. The second-order valence-corrected chi connectivity index (χ2v) is 5.97. The summed E-state index contributed by atoms with van der Waals surface area (Å²) in [6.45, 7) is 8.43. The van der Waals surface area contributed by atoms with Gasteiger partial charge >= 0.3 is 0 Å². The molecule has 0 amide bonds. The molecule has 1 fully saturated rings. The molecule has 0 N–H and O–H groups in total. The van der Waals surface area contributed by atoms with Crippen molar-refractivity contribution in [2.45, 2.75) is 26.5 Å². The summed E-state index contributed by atoms with van der Waals surface area (Å²) in [5, 5.41) is 8.51. The van der Waals surface area contributed by atoms with Gasteiger partial charge in [0, 0.05) is 31.3 Å². The molecule has 1 aliphatic heterocycles. The van der Waals surface area contributed by atoms with E-state index in [-0.39, 0.29) is 6.10 Å². The molecule has 3 rings (SSSR count). The smallest absolute Gasteiger partial charge is 0.233 e. The third kappa shape index (κ3) is 4.27. The van der Waals surface area contributed by atoms with E-state index in [9.17, 15) is 0 Å². The highest BCUT2D eigenvalue weighted by Crippen LogP contribution is 2.24. The molecular formula is C18H23N3O2. The topological polar surface area (TPSA) is 47.5 Å². The number of morpholine rings is 1. The molecule has 1 aromatic carbocycles. The standard InChI is InChI=1S/C18H23N3O2/c1-14(2)23-18-8-7-17(19-20-18)16-6-4-3-5-15(16)13-21-9-11-22-12-10-21/h3-8,14H,9-13H2,1-2H3. The summed E-state index contributed by atoms with van der Waals surface area (Å²) < 4.78 is 11.0. The zero-order valence-corrected chi connectivity index (χ0v) is 13.7. The van der Waals surface area contributed by atoms with E-state index in [0.29, 0.717) is 5.88 Å². The van der Waals surface area contributed by atoms with Crippen molar-refractivity contribution in [2.75, 3.05) is 26.3 Å². The maximum Gasteiger partial charge on any atom is 0.233 e. The van der Waals surface area contributed by atoms with Crippen molar-refractivity contribution >= 4 is 0 Å². The molecule has 0 unspecified atom stereocenters. The first kappa shape index (κ1) is 15.9. The fourth-order valence-corrected chi connectivity index (χ4v) is 2.68. The van der Waals surface area contributed by atoms with Gasteiger partial charge in [-0.15, -0.1) is 10.2 Å². The Morgan fingerprint density at radius 2 is 1.87 bits per heavy atom. The quantitative estimate of drug-likeness (QED) is 0.849. The van der Waals surface area contributed by atoms with Crippen molar-refractivity contribution in [3.8, 4) is 17.1 Å². The Kier molecular flexibility index (Phi) is 5.20. The van der Waals surface area contributed by atoms with Gasteiger partial charge in [0.1, 0.15) is 0 Å². The number of hydrogen-bond acceptors (Lipinski definition) is 5. The summed E-state index contributed by atoms with van der Waals surface area (Å²) in [5.74, 6) is 0.564. The molecule has 0 atom stereocenters. The highest BCUT2D eigenvalue weighted by Gasteiger charge is 2.14. The fourth-order valence-electron chi connectivity index (χ4n) is 2.68. The molecule has 0 spiro atoms. The lowest BCUT2D eigenvalue weighted by Gasteiger charge is -2.27. The minimum absolute atomic E-state index is 0.101. The zero-order valence-electron chi connectivity index (χ0n) is 13.7. The summed E-state index contributed by atoms with van der Waals surface area (Å²) in [6, 6.07) is 12.2. The Hall–Kier alpha value is -1.98. The number of benzene rings is 1. The van der Waals surface area contributed by atoms with Crippen LogP contribution in [-0.2, 0) is 11.3 Å². The largest absolute Gasteiger partial charge is 0.474 e.